The van der Waals surface area contributed by atoms with Crippen molar-refractivity contribution in [1.29, 1.82) is 0 Å². The van der Waals surface area contributed by atoms with Crippen molar-refractivity contribution in [3.05, 3.63) is 18.5 Å². The molecule has 0 aromatic carbocycles. The Morgan fingerprint density at radius 2 is 2.06 bits per heavy atom. The normalized spacial score (nSPS) is 21.8. The Balaban J connectivity index is 0.00000144. The number of nitrogens with zero attached hydrogens (tertiary/aromatic N) is 3. The lowest BCUT2D eigenvalue weighted by atomic mass is 10.3. The molecule has 0 bridgehead atoms. The summed E-state index contributed by atoms with van der Waals surface area (Å²) in [5.74, 6) is 0. The Bertz CT molecular complexity index is 453. The maximum Gasteiger partial charge on any atom is 0.279 e. The molecule has 1 aliphatic rings. The molecule has 96 valence electrons. The van der Waals surface area contributed by atoms with Crippen molar-refractivity contribution >= 4 is 22.4 Å². The van der Waals surface area contributed by atoms with Gasteiger partial charge in [0.15, 0.2) is 0 Å². The quantitative estimate of drug-likeness (QED) is 0.764. The van der Waals surface area contributed by atoms with Gasteiger partial charge in [0.25, 0.3) is 15.2 Å². The molecule has 2 rings (SSSR count). The third-order valence-corrected chi connectivity index (χ3v) is 4.35. The Kier molecular flexibility index (Phi) is 4.81. The van der Waals surface area contributed by atoms with E-state index in [1.165, 1.54) is 16.7 Å². The van der Waals surface area contributed by atoms with E-state index in [4.69, 9.17) is 0 Å². The summed E-state index contributed by atoms with van der Waals surface area (Å²) in [5, 5.41) is 3.02. The predicted molar refractivity (Wildman–Crippen MR) is 65.5 cm³/mol. The summed E-state index contributed by atoms with van der Waals surface area (Å²) in [6, 6.07) is 1.53. The molecule has 1 aromatic rings. The van der Waals surface area contributed by atoms with Gasteiger partial charge in [-0.05, 0) is 13.0 Å². The lowest BCUT2D eigenvalue weighted by molar-refractivity contribution is 0.282. The van der Waals surface area contributed by atoms with E-state index < -0.39 is 10.0 Å². The zero-order valence-corrected chi connectivity index (χ0v) is 11.0. The van der Waals surface area contributed by atoms with Crippen molar-refractivity contribution in [2.75, 3.05) is 19.6 Å². The van der Waals surface area contributed by atoms with Crippen LogP contribution in [0.25, 0.3) is 0 Å². The first-order valence-electron chi connectivity index (χ1n) is 5.12. The lowest BCUT2D eigenvalue weighted by Gasteiger charge is -2.31. The number of hydrogen-bond donors (Lipinski definition) is 1. The summed E-state index contributed by atoms with van der Waals surface area (Å²) in [6.07, 6.45) is 2.87. The Labute approximate surface area is 107 Å². The van der Waals surface area contributed by atoms with E-state index in [1.807, 2.05) is 6.92 Å². The summed E-state index contributed by atoms with van der Waals surface area (Å²) < 4.78 is 25.8. The molecule has 2 heterocycles. The van der Waals surface area contributed by atoms with E-state index in [2.05, 4.69) is 15.3 Å². The lowest BCUT2D eigenvalue weighted by Crippen LogP contribution is -2.52. The largest absolute Gasteiger partial charge is 0.314 e. The van der Waals surface area contributed by atoms with Crippen LogP contribution in [0, 0.1) is 0 Å². The molecule has 17 heavy (non-hydrogen) atoms. The van der Waals surface area contributed by atoms with Gasteiger partial charge >= 0.3 is 0 Å². The predicted octanol–water partition coefficient (Wildman–Crippen LogP) is -0.119. The SMILES string of the molecule is CC1CNCCN1S(=O)(=O)c1ncccn1.Cl. The van der Waals surface area contributed by atoms with Crippen LogP contribution in [0.2, 0.25) is 0 Å². The highest BCUT2D eigenvalue weighted by atomic mass is 35.5. The molecule has 6 nitrogen and oxygen atoms in total. The smallest absolute Gasteiger partial charge is 0.279 e. The minimum Gasteiger partial charge on any atom is -0.314 e. The number of nitrogens with one attached hydrogen (secondary N) is 1. The van der Waals surface area contributed by atoms with Crippen LogP contribution < -0.4 is 5.32 Å². The number of sulfonamides is 1. The van der Waals surface area contributed by atoms with E-state index in [0.717, 1.165) is 0 Å². The van der Waals surface area contributed by atoms with Gasteiger partial charge in [-0.25, -0.2) is 18.4 Å². The third kappa shape index (κ3) is 2.92. The highest BCUT2D eigenvalue weighted by molar-refractivity contribution is 7.89. The summed E-state index contributed by atoms with van der Waals surface area (Å²) in [6.45, 7) is 3.65. The molecule has 0 saturated carbocycles. The zero-order chi connectivity index (χ0) is 11.6. The molecule has 8 heteroatoms. The third-order valence-electron chi connectivity index (χ3n) is 2.52. The molecular weight excluding hydrogens is 264 g/mol. The molecule has 1 atom stereocenters. The fourth-order valence-corrected chi connectivity index (χ4v) is 3.18. The van der Waals surface area contributed by atoms with Gasteiger partial charge in [-0.3, -0.25) is 0 Å². The molecule has 1 saturated heterocycles. The van der Waals surface area contributed by atoms with Crippen molar-refractivity contribution in [3.63, 3.8) is 0 Å². The van der Waals surface area contributed by atoms with Crippen LogP contribution in [-0.2, 0) is 10.0 Å². The van der Waals surface area contributed by atoms with Crippen LogP contribution in [0.1, 0.15) is 6.92 Å². The van der Waals surface area contributed by atoms with E-state index in [9.17, 15) is 8.42 Å². The standard InChI is InChI=1S/C9H14N4O2S.ClH/c1-8-7-10-5-6-13(8)16(14,15)9-11-3-2-4-12-9;/h2-4,8,10H,5-7H2,1H3;1H. The molecule has 1 aromatic heterocycles. The molecule has 1 fully saturated rings. The maximum absolute atomic E-state index is 12.2. The Hall–Kier alpha value is -0.760. The molecule has 0 radical (unpaired) electrons. The van der Waals surface area contributed by atoms with Crippen LogP contribution in [0.3, 0.4) is 0 Å². The summed E-state index contributed by atoms with van der Waals surface area (Å²) in [5.41, 5.74) is 0. The molecular formula is C9H15ClN4O2S. The van der Waals surface area contributed by atoms with E-state index >= 15 is 0 Å². The van der Waals surface area contributed by atoms with Gasteiger partial charge in [-0.15, -0.1) is 12.4 Å². The van der Waals surface area contributed by atoms with Crippen molar-refractivity contribution in [2.24, 2.45) is 0 Å². The number of piperazine rings is 1. The molecule has 0 spiro atoms. The van der Waals surface area contributed by atoms with Gasteiger partial charge in [0.1, 0.15) is 0 Å². The van der Waals surface area contributed by atoms with Gasteiger partial charge in [0.2, 0.25) is 0 Å². The van der Waals surface area contributed by atoms with Crippen LogP contribution in [0.5, 0.6) is 0 Å². The van der Waals surface area contributed by atoms with Crippen molar-refractivity contribution < 1.29 is 8.42 Å². The van der Waals surface area contributed by atoms with Crippen molar-refractivity contribution in [2.45, 2.75) is 18.1 Å². The molecule has 0 aliphatic carbocycles. The van der Waals surface area contributed by atoms with Crippen LogP contribution in [-0.4, -0.2) is 48.4 Å². The molecule has 1 aliphatic heterocycles. The summed E-state index contributed by atoms with van der Waals surface area (Å²) in [7, 11) is -3.54. The fourth-order valence-electron chi connectivity index (χ4n) is 1.70. The van der Waals surface area contributed by atoms with Gasteiger partial charge in [0, 0.05) is 38.1 Å². The highest BCUT2D eigenvalue weighted by Crippen LogP contribution is 2.14. The highest BCUT2D eigenvalue weighted by Gasteiger charge is 2.32. The van der Waals surface area contributed by atoms with Gasteiger partial charge in [-0.1, -0.05) is 0 Å². The summed E-state index contributed by atoms with van der Waals surface area (Å²) >= 11 is 0. The number of rotatable bonds is 2. The first-order chi connectivity index (χ1) is 7.62. The first kappa shape index (κ1) is 14.3. The minimum absolute atomic E-state index is 0. The zero-order valence-electron chi connectivity index (χ0n) is 9.41. The van der Waals surface area contributed by atoms with Crippen molar-refractivity contribution in [1.82, 2.24) is 19.6 Å². The van der Waals surface area contributed by atoms with Crippen LogP contribution >= 0.6 is 12.4 Å². The van der Waals surface area contributed by atoms with Gasteiger partial charge < -0.3 is 5.32 Å². The first-order valence-corrected chi connectivity index (χ1v) is 6.56. The van der Waals surface area contributed by atoms with Gasteiger partial charge in [0.05, 0.1) is 0 Å². The second-order valence-corrected chi connectivity index (χ2v) is 5.48. The average molecular weight is 279 g/mol. The Morgan fingerprint density at radius 1 is 1.41 bits per heavy atom. The molecule has 1 N–H and O–H groups in total. The average Bonchev–Trinajstić information content (AvgIpc) is 2.30. The van der Waals surface area contributed by atoms with Crippen molar-refractivity contribution in [3.8, 4) is 0 Å². The van der Waals surface area contributed by atoms with Crippen LogP contribution in [0.4, 0.5) is 0 Å². The molecule has 0 amide bonds. The van der Waals surface area contributed by atoms with E-state index in [-0.39, 0.29) is 23.6 Å². The van der Waals surface area contributed by atoms with E-state index in [0.29, 0.717) is 19.6 Å². The number of hydrogen-bond acceptors (Lipinski definition) is 5. The number of aromatic nitrogens is 2. The van der Waals surface area contributed by atoms with Crippen LogP contribution in [0.15, 0.2) is 23.6 Å². The van der Waals surface area contributed by atoms with E-state index in [1.54, 1.807) is 6.07 Å². The van der Waals surface area contributed by atoms with Gasteiger partial charge in [-0.2, -0.15) is 4.31 Å². The molecule has 1 unspecified atom stereocenters. The fraction of sp³-hybridized carbons (Fsp3) is 0.556. The monoisotopic (exact) mass is 278 g/mol. The Morgan fingerprint density at radius 3 is 2.65 bits per heavy atom. The minimum atomic E-state index is -3.54. The second kappa shape index (κ2) is 5.72. The summed E-state index contributed by atoms with van der Waals surface area (Å²) in [4.78, 5) is 7.60. The maximum atomic E-state index is 12.2. The number of halogens is 1. The topological polar surface area (TPSA) is 75.2 Å². The second-order valence-electron chi connectivity index (χ2n) is 3.70.